The van der Waals surface area contributed by atoms with E-state index in [1.54, 1.807) is 19.4 Å². The number of halogens is 1. The van der Waals surface area contributed by atoms with Gasteiger partial charge in [0.15, 0.2) is 0 Å². The summed E-state index contributed by atoms with van der Waals surface area (Å²) in [7, 11) is 1.67. The molecule has 1 aliphatic carbocycles. The van der Waals surface area contributed by atoms with Crippen LogP contribution in [0.1, 0.15) is 18.4 Å². The van der Waals surface area contributed by atoms with Gasteiger partial charge in [0.05, 0.1) is 11.6 Å². The van der Waals surface area contributed by atoms with Gasteiger partial charge in [-0.3, -0.25) is 5.41 Å². The van der Waals surface area contributed by atoms with Crippen LogP contribution in [0.15, 0.2) is 12.3 Å². The van der Waals surface area contributed by atoms with E-state index in [-0.39, 0.29) is 5.84 Å². The average Bonchev–Trinajstić information content (AvgIpc) is 3.15. The SMILES string of the molecule is COCCN(c1nccc(C(=N)N)c1Cl)C1CC1. The minimum absolute atomic E-state index is 0.0360. The Bertz CT molecular complexity index is 448. The monoisotopic (exact) mass is 268 g/mol. The molecule has 98 valence electrons. The molecule has 1 aliphatic rings. The predicted octanol–water partition coefficient (Wildman–Crippen LogP) is 1.63. The minimum atomic E-state index is -0.0360. The summed E-state index contributed by atoms with van der Waals surface area (Å²) in [6.07, 6.45) is 3.93. The molecule has 1 fully saturated rings. The number of hydrogen-bond acceptors (Lipinski definition) is 4. The molecule has 0 aromatic carbocycles. The number of ether oxygens (including phenoxy) is 1. The molecule has 0 spiro atoms. The van der Waals surface area contributed by atoms with E-state index in [2.05, 4.69) is 9.88 Å². The maximum atomic E-state index is 7.50. The number of nitrogens with zero attached hydrogens (tertiary/aromatic N) is 2. The van der Waals surface area contributed by atoms with Crippen LogP contribution in [0.25, 0.3) is 0 Å². The molecule has 5 nitrogen and oxygen atoms in total. The van der Waals surface area contributed by atoms with Gasteiger partial charge in [-0.2, -0.15) is 0 Å². The Morgan fingerprint density at radius 1 is 1.67 bits per heavy atom. The van der Waals surface area contributed by atoms with E-state index < -0.39 is 0 Å². The fourth-order valence-corrected chi connectivity index (χ4v) is 2.20. The second-order valence-electron chi connectivity index (χ2n) is 4.33. The van der Waals surface area contributed by atoms with Crippen molar-refractivity contribution in [2.75, 3.05) is 25.2 Å². The number of aromatic nitrogens is 1. The summed E-state index contributed by atoms with van der Waals surface area (Å²) in [5, 5.41) is 7.95. The van der Waals surface area contributed by atoms with Crippen LogP contribution in [0.5, 0.6) is 0 Å². The lowest BCUT2D eigenvalue weighted by atomic mass is 10.2. The first-order chi connectivity index (χ1) is 8.65. The molecule has 1 aromatic rings. The Balaban J connectivity index is 2.29. The Hall–Kier alpha value is -1.33. The molecule has 0 amide bonds. The summed E-state index contributed by atoms with van der Waals surface area (Å²) in [6.45, 7) is 1.37. The Kier molecular flexibility index (Phi) is 4.04. The van der Waals surface area contributed by atoms with E-state index in [1.807, 2.05) is 0 Å². The number of methoxy groups -OCH3 is 1. The van der Waals surface area contributed by atoms with Crippen molar-refractivity contribution >= 4 is 23.3 Å². The highest BCUT2D eigenvalue weighted by Gasteiger charge is 2.31. The zero-order chi connectivity index (χ0) is 13.1. The van der Waals surface area contributed by atoms with Crippen LogP contribution < -0.4 is 10.6 Å². The summed E-state index contributed by atoms with van der Waals surface area (Å²) in [5.74, 6) is 0.662. The maximum absolute atomic E-state index is 7.50. The number of hydrogen-bond donors (Lipinski definition) is 2. The van der Waals surface area contributed by atoms with Crippen molar-refractivity contribution in [3.63, 3.8) is 0 Å². The summed E-state index contributed by atoms with van der Waals surface area (Å²) in [4.78, 5) is 6.46. The molecular formula is C12H17ClN4O. The van der Waals surface area contributed by atoms with Crippen LogP contribution in [-0.2, 0) is 4.74 Å². The summed E-state index contributed by atoms with van der Waals surface area (Å²) < 4.78 is 5.11. The normalized spacial score (nSPS) is 14.6. The quantitative estimate of drug-likeness (QED) is 0.607. The zero-order valence-electron chi connectivity index (χ0n) is 10.3. The van der Waals surface area contributed by atoms with E-state index in [0.29, 0.717) is 29.1 Å². The fraction of sp³-hybridized carbons (Fsp3) is 0.500. The summed E-state index contributed by atoms with van der Waals surface area (Å²) >= 11 is 6.28. The van der Waals surface area contributed by atoms with Gasteiger partial charge in [0.2, 0.25) is 0 Å². The number of nitrogens with one attached hydrogen (secondary N) is 1. The van der Waals surface area contributed by atoms with Gasteiger partial charge in [0.25, 0.3) is 0 Å². The highest BCUT2D eigenvalue weighted by Crippen LogP contribution is 2.35. The number of pyridine rings is 1. The molecule has 0 bridgehead atoms. The first kappa shape index (κ1) is 13.1. The topological polar surface area (TPSA) is 75.2 Å². The molecular weight excluding hydrogens is 252 g/mol. The first-order valence-corrected chi connectivity index (χ1v) is 6.27. The van der Waals surface area contributed by atoms with Gasteiger partial charge in [-0.15, -0.1) is 0 Å². The van der Waals surface area contributed by atoms with Gasteiger partial charge in [-0.25, -0.2) is 4.98 Å². The molecule has 6 heteroatoms. The van der Waals surface area contributed by atoms with Crippen LogP contribution in [0.3, 0.4) is 0 Å². The zero-order valence-corrected chi connectivity index (χ0v) is 11.1. The molecule has 1 heterocycles. The smallest absolute Gasteiger partial charge is 0.148 e. The highest BCUT2D eigenvalue weighted by molar-refractivity contribution is 6.36. The largest absolute Gasteiger partial charge is 0.384 e. The Morgan fingerprint density at radius 3 is 2.94 bits per heavy atom. The van der Waals surface area contributed by atoms with Crippen LogP contribution in [-0.4, -0.2) is 37.1 Å². The summed E-state index contributed by atoms with van der Waals surface area (Å²) in [6, 6.07) is 2.14. The van der Waals surface area contributed by atoms with Gasteiger partial charge in [0.1, 0.15) is 11.7 Å². The lowest BCUT2D eigenvalue weighted by Gasteiger charge is -2.24. The third-order valence-corrected chi connectivity index (χ3v) is 3.33. The Labute approximate surface area is 111 Å². The molecule has 0 unspecified atom stereocenters. The average molecular weight is 269 g/mol. The second kappa shape index (κ2) is 5.54. The van der Waals surface area contributed by atoms with Crippen molar-refractivity contribution in [3.8, 4) is 0 Å². The molecule has 3 N–H and O–H groups in total. The third-order valence-electron chi connectivity index (χ3n) is 2.96. The van der Waals surface area contributed by atoms with Crippen molar-refractivity contribution < 1.29 is 4.74 Å². The number of anilines is 1. The van der Waals surface area contributed by atoms with E-state index >= 15 is 0 Å². The third kappa shape index (κ3) is 2.73. The molecule has 0 saturated heterocycles. The van der Waals surface area contributed by atoms with Crippen LogP contribution in [0, 0.1) is 5.41 Å². The van der Waals surface area contributed by atoms with Gasteiger partial charge < -0.3 is 15.4 Å². The number of nitrogen functional groups attached to an aromatic ring is 1. The standard InChI is InChI=1S/C12H17ClN4O/c1-18-7-6-17(8-2-3-8)12-10(13)9(11(14)15)4-5-16-12/h4-5,8H,2-3,6-7H2,1H3,(H3,14,15). The van der Waals surface area contributed by atoms with Crippen LogP contribution >= 0.6 is 11.6 Å². The predicted molar refractivity (Wildman–Crippen MR) is 72.5 cm³/mol. The molecule has 0 atom stereocenters. The molecule has 1 aromatic heterocycles. The number of nitrogens with two attached hydrogens (primary N) is 1. The number of rotatable bonds is 6. The molecule has 18 heavy (non-hydrogen) atoms. The van der Waals surface area contributed by atoms with E-state index in [0.717, 1.165) is 19.4 Å². The highest BCUT2D eigenvalue weighted by atomic mass is 35.5. The number of amidine groups is 1. The van der Waals surface area contributed by atoms with Crippen molar-refractivity contribution in [1.82, 2.24) is 4.98 Å². The molecule has 2 rings (SSSR count). The van der Waals surface area contributed by atoms with E-state index in [9.17, 15) is 0 Å². The fourth-order valence-electron chi connectivity index (χ4n) is 1.88. The molecule has 0 radical (unpaired) electrons. The first-order valence-electron chi connectivity index (χ1n) is 5.89. The van der Waals surface area contributed by atoms with E-state index in [4.69, 9.17) is 27.5 Å². The van der Waals surface area contributed by atoms with Crippen LogP contribution in [0.2, 0.25) is 5.02 Å². The van der Waals surface area contributed by atoms with Crippen molar-refractivity contribution in [3.05, 3.63) is 22.8 Å². The van der Waals surface area contributed by atoms with Gasteiger partial charge >= 0.3 is 0 Å². The van der Waals surface area contributed by atoms with E-state index in [1.165, 1.54) is 0 Å². The maximum Gasteiger partial charge on any atom is 0.148 e. The molecule has 0 aliphatic heterocycles. The minimum Gasteiger partial charge on any atom is -0.384 e. The van der Waals surface area contributed by atoms with Gasteiger partial charge in [-0.1, -0.05) is 11.6 Å². The van der Waals surface area contributed by atoms with Gasteiger partial charge in [0, 0.05) is 31.5 Å². The van der Waals surface area contributed by atoms with Crippen LogP contribution in [0.4, 0.5) is 5.82 Å². The lowest BCUT2D eigenvalue weighted by Crippen LogP contribution is -2.31. The Morgan fingerprint density at radius 2 is 2.39 bits per heavy atom. The summed E-state index contributed by atoms with van der Waals surface area (Å²) in [5.41, 5.74) is 6.04. The van der Waals surface area contributed by atoms with Crippen molar-refractivity contribution in [1.29, 1.82) is 5.41 Å². The lowest BCUT2D eigenvalue weighted by molar-refractivity contribution is 0.204. The van der Waals surface area contributed by atoms with Gasteiger partial charge in [-0.05, 0) is 18.9 Å². The second-order valence-corrected chi connectivity index (χ2v) is 4.71. The van der Waals surface area contributed by atoms with Crippen molar-refractivity contribution in [2.24, 2.45) is 5.73 Å². The molecule has 1 saturated carbocycles. The van der Waals surface area contributed by atoms with Crippen molar-refractivity contribution in [2.45, 2.75) is 18.9 Å².